The summed E-state index contributed by atoms with van der Waals surface area (Å²) in [6, 6.07) is 8.23. The van der Waals surface area contributed by atoms with Gasteiger partial charge in [-0.15, -0.1) is 11.3 Å². The van der Waals surface area contributed by atoms with E-state index in [1.807, 2.05) is 42.8 Å². The average molecular weight is 565 g/mol. The summed E-state index contributed by atoms with van der Waals surface area (Å²) in [6.07, 6.45) is 8.58. The Morgan fingerprint density at radius 3 is 2.62 bits per heavy atom. The van der Waals surface area contributed by atoms with Gasteiger partial charge < -0.3 is 14.5 Å². The number of ether oxygens (including phenoxy) is 1. The third-order valence-electron chi connectivity index (χ3n) is 8.73. The van der Waals surface area contributed by atoms with Crippen LogP contribution in [0, 0.1) is 12.3 Å². The number of amides is 2. The van der Waals surface area contributed by atoms with Crippen molar-refractivity contribution in [2.75, 3.05) is 33.3 Å². The largest absolute Gasteiger partial charge is 0.493 e. The first-order chi connectivity index (χ1) is 19.3. The molecule has 0 aliphatic carbocycles. The molecule has 1 aromatic carbocycles. The summed E-state index contributed by atoms with van der Waals surface area (Å²) in [7, 11) is 1.92. The molecule has 0 atom stereocenters. The van der Waals surface area contributed by atoms with E-state index in [4.69, 9.17) is 4.74 Å². The van der Waals surface area contributed by atoms with Gasteiger partial charge in [-0.25, -0.2) is 4.98 Å². The van der Waals surface area contributed by atoms with Gasteiger partial charge in [0.1, 0.15) is 10.6 Å². The minimum absolute atomic E-state index is 0.00700. The van der Waals surface area contributed by atoms with E-state index in [1.165, 1.54) is 16.9 Å². The lowest BCUT2D eigenvalue weighted by Crippen LogP contribution is -2.48. The third kappa shape index (κ3) is 5.80. The Hall–Kier alpha value is -3.20. The van der Waals surface area contributed by atoms with Crippen molar-refractivity contribution in [2.45, 2.75) is 71.8 Å². The molecule has 2 aliphatic heterocycles. The lowest BCUT2D eigenvalue weighted by molar-refractivity contribution is -0.132. The molecule has 1 saturated heterocycles. The molecule has 9 heteroatoms. The monoisotopic (exact) mass is 564 g/mol. The molecular weight excluding hydrogens is 524 g/mol. The summed E-state index contributed by atoms with van der Waals surface area (Å²) >= 11 is 1.32. The number of nitrogens with zero attached hydrogens (tertiary/aromatic N) is 4. The fraction of sp³-hybridized carbons (Fsp3) is 0.548. The van der Waals surface area contributed by atoms with Crippen LogP contribution in [-0.4, -0.2) is 64.5 Å². The summed E-state index contributed by atoms with van der Waals surface area (Å²) in [5, 5.41) is 0.560. The van der Waals surface area contributed by atoms with Crippen molar-refractivity contribution < 1.29 is 14.3 Å². The fourth-order valence-electron chi connectivity index (χ4n) is 6.26. The first kappa shape index (κ1) is 28.3. The number of piperidine rings is 1. The average Bonchev–Trinajstić information content (AvgIpc) is 3.30. The molecule has 2 aliphatic rings. The lowest BCUT2D eigenvalue weighted by Gasteiger charge is -2.44. The summed E-state index contributed by atoms with van der Waals surface area (Å²) < 4.78 is 7.59. The van der Waals surface area contributed by atoms with Crippen LogP contribution in [-0.2, 0) is 17.8 Å². The number of thiophene rings is 1. The van der Waals surface area contributed by atoms with Crippen LogP contribution < -0.4 is 10.3 Å². The molecule has 40 heavy (non-hydrogen) atoms. The highest BCUT2D eigenvalue weighted by atomic mass is 32.1. The molecule has 4 heterocycles. The number of aromatic nitrogens is 2. The van der Waals surface area contributed by atoms with Gasteiger partial charge in [0, 0.05) is 39.6 Å². The highest BCUT2D eigenvalue weighted by Crippen LogP contribution is 2.39. The molecule has 0 radical (unpaired) electrons. The maximum Gasteiger partial charge on any atom is 0.264 e. The molecule has 8 nitrogen and oxygen atoms in total. The molecule has 0 N–H and O–H groups in total. The van der Waals surface area contributed by atoms with Crippen molar-refractivity contribution in [3.8, 4) is 5.75 Å². The van der Waals surface area contributed by atoms with Gasteiger partial charge in [-0.05, 0) is 75.0 Å². The molecule has 5 rings (SSSR count). The number of hydrogen-bond donors (Lipinski definition) is 0. The number of carbonyl (C=O) groups is 2. The second kappa shape index (κ2) is 12.1. The number of likely N-dealkylation sites (tertiary alicyclic amines) is 1. The Kier molecular flexibility index (Phi) is 8.59. The molecular formula is C31H40N4O4S. The van der Waals surface area contributed by atoms with Gasteiger partial charge in [0.25, 0.3) is 11.5 Å². The zero-order valence-corrected chi connectivity index (χ0v) is 24.7. The molecule has 214 valence electrons. The van der Waals surface area contributed by atoms with E-state index in [0.717, 1.165) is 49.8 Å². The fourth-order valence-corrected chi connectivity index (χ4v) is 7.36. The number of aryl methyl sites for hydroxylation is 3. The van der Waals surface area contributed by atoms with E-state index in [0.29, 0.717) is 60.7 Å². The number of hydrogen-bond acceptors (Lipinski definition) is 6. The van der Waals surface area contributed by atoms with E-state index >= 15 is 0 Å². The summed E-state index contributed by atoms with van der Waals surface area (Å²) in [4.78, 5) is 49.1. The maximum absolute atomic E-state index is 13.7. The predicted molar refractivity (Wildman–Crippen MR) is 158 cm³/mol. The van der Waals surface area contributed by atoms with Crippen LogP contribution in [0.3, 0.4) is 0 Å². The topological polar surface area (TPSA) is 84.7 Å². The van der Waals surface area contributed by atoms with Crippen LogP contribution in [0.2, 0.25) is 0 Å². The number of carbonyl (C=O) groups excluding carboxylic acids is 2. The van der Waals surface area contributed by atoms with Gasteiger partial charge >= 0.3 is 0 Å². The maximum atomic E-state index is 13.7. The zero-order chi connectivity index (χ0) is 28.3. The van der Waals surface area contributed by atoms with Crippen LogP contribution in [0.5, 0.6) is 5.75 Å². The van der Waals surface area contributed by atoms with Gasteiger partial charge in [0.05, 0.1) is 23.2 Å². The zero-order valence-electron chi connectivity index (χ0n) is 23.9. The Balaban J connectivity index is 1.31. The second-order valence-corrected chi connectivity index (χ2v) is 12.4. The van der Waals surface area contributed by atoms with Crippen LogP contribution in [0.15, 0.2) is 35.4 Å². The highest BCUT2D eigenvalue weighted by molar-refractivity contribution is 7.20. The molecule has 1 fully saturated rings. The van der Waals surface area contributed by atoms with Gasteiger partial charge in [0.15, 0.2) is 0 Å². The summed E-state index contributed by atoms with van der Waals surface area (Å²) in [5.74, 6) is 1.07. The molecule has 0 saturated carbocycles. The van der Waals surface area contributed by atoms with E-state index in [1.54, 1.807) is 10.9 Å². The standard InChI is InChI=1S/C31H40N4O4S/c1-4-34-21-32-28-26(29(34)37)22(2)27(40-28)30(38)35-17-15-31(16-18-35)14-8-7-11-23-10-5-6-12-24(23)39-19-9-13-25(36)33(3)20-31/h5-6,10,12,21H,4,7-9,11,13-20H2,1-3H3. The molecule has 1 spiro atoms. The Morgan fingerprint density at radius 2 is 1.85 bits per heavy atom. The Morgan fingerprint density at radius 1 is 1.07 bits per heavy atom. The van der Waals surface area contributed by atoms with Gasteiger partial charge in [0.2, 0.25) is 5.91 Å². The first-order valence-corrected chi connectivity index (χ1v) is 15.4. The van der Waals surface area contributed by atoms with Gasteiger partial charge in [-0.2, -0.15) is 0 Å². The smallest absolute Gasteiger partial charge is 0.264 e. The molecule has 0 unspecified atom stereocenters. The van der Waals surface area contributed by atoms with E-state index < -0.39 is 0 Å². The Labute approximate surface area is 239 Å². The molecule has 3 aromatic rings. The molecule has 2 amide bonds. The highest BCUT2D eigenvalue weighted by Gasteiger charge is 2.38. The van der Waals surface area contributed by atoms with E-state index in [-0.39, 0.29) is 22.8 Å². The molecule has 0 bridgehead atoms. The van der Waals surface area contributed by atoms with Crippen LogP contribution in [0.4, 0.5) is 0 Å². The first-order valence-electron chi connectivity index (χ1n) is 14.5. The van der Waals surface area contributed by atoms with Crippen LogP contribution in [0.1, 0.15) is 72.7 Å². The lowest BCUT2D eigenvalue weighted by atomic mass is 9.73. The van der Waals surface area contributed by atoms with Gasteiger partial charge in [-0.1, -0.05) is 24.6 Å². The number of fused-ring (bicyclic) bond motifs is 2. The quantitative estimate of drug-likeness (QED) is 0.435. The summed E-state index contributed by atoms with van der Waals surface area (Å²) in [6.45, 7) is 6.88. The van der Waals surface area contributed by atoms with Crippen molar-refractivity contribution in [1.82, 2.24) is 19.4 Å². The van der Waals surface area contributed by atoms with Crippen LogP contribution in [0.25, 0.3) is 10.2 Å². The van der Waals surface area contributed by atoms with Crippen molar-refractivity contribution in [3.63, 3.8) is 0 Å². The number of para-hydroxylation sites is 1. The SMILES string of the molecule is CCn1cnc2sc(C(=O)N3CCC4(CCCCc5ccccc5OCCCC(=O)N(C)C4)CC3)c(C)c2c1=O. The summed E-state index contributed by atoms with van der Waals surface area (Å²) in [5.41, 5.74) is 1.88. The van der Waals surface area contributed by atoms with Crippen molar-refractivity contribution in [3.05, 3.63) is 57.0 Å². The third-order valence-corrected chi connectivity index (χ3v) is 9.92. The van der Waals surface area contributed by atoms with E-state index in [9.17, 15) is 14.4 Å². The predicted octanol–water partition coefficient (Wildman–Crippen LogP) is 5.05. The van der Waals surface area contributed by atoms with Crippen molar-refractivity contribution >= 4 is 33.4 Å². The molecule has 2 aromatic heterocycles. The van der Waals surface area contributed by atoms with Crippen molar-refractivity contribution in [1.29, 1.82) is 0 Å². The number of benzene rings is 1. The van der Waals surface area contributed by atoms with Crippen molar-refractivity contribution in [2.24, 2.45) is 5.41 Å². The second-order valence-electron chi connectivity index (χ2n) is 11.4. The minimum Gasteiger partial charge on any atom is -0.493 e. The van der Waals surface area contributed by atoms with E-state index in [2.05, 4.69) is 17.1 Å². The minimum atomic E-state index is -0.0838. The number of rotatable bonds is 2. The normalized spacial score (nSPS) is 18.8. The Bertz CT molecular complexity index is 1440. The van der Waals surface area contributed by atoms with Gasteiger partial charge in [-0.3, -0.25) is 19.0 Å². The van der Waals surface area contributed by atoms with Crippen LogP contribution >= 0.6 is 11.3 Å².